The molecule has 11 heteroatoms. The summed E-state index contributed by atoms with van der Waals surface area (Å²) < 4.78 is 51.9. The summed E-state index contributed by atoms with van der Waals surface area (Å²) in [7, 11) is 4.65. The number of carboxylic acid groups (broad SMARTS) is 1. The van der Waals surface area contributed by atoms with Gasteiger partial charge >= 0.3 is 12.3 Å². The van der Waals surface area contributed by atoms with Gasteiger partial charge in [-0.25, -0.2) is 9.18 Å². The van der Waals surface area contributed by atoms with Gasteiger partial charge in [-0.05, 0) is 40.6 Å². The van der Waals surface area contributed by atoms with Gasteiger partial charge in [-0.15, -0.1) is 0 Å². The number of nitrogens with zero attached hydrogens (tertiary/aromatic N) is 1. The Labute approximate surface area is 198 Å². The topological polar surface area (TPSA) is 78.5 Å². The van der Waals surface area contributed by atoms with Crippen molar-refractivity contribution in [3.8, 4) is 11.1 Å². The Kier molecular flexibility index (Phi) is 7.87. The van der Waals surface area contributed by atoms with Crippen LogP contribution in [0.1, 0.15) is 25.7 Å². The van der Waals surface area contributed by atoms with Gasteiger partial charge in [0.05, 0.1) is 38.5 Å². The van der Waals surface area contributed by atoms with E-state index in [0.29, 0.717) is 35.9 Å². The standard InChI is InChI=1S/C21H25FN2O2S.C2HF3O2/c1-24(2)17-4-5-18(24)10-14(9-17)12-26-21(25)23-20-6-3-16(22)11-19(20)15-7-8-27-13-15;3-2(4,5)1(6)7/h3,6-8,11,13-14,17-18H,4-5,9-10,12H2,1-2H3;(H,6,7)/t14?,17-,18+;. The van der Waals surface area contributed by atoms with Crippen LogP contribution in [0.25, 0.3) is 11.1 Å². The van der Waals surface area contributed by atoms with Crippen LogP contribution in [0.3, 0.4) is 0 Å². The molecule has 3 atom stereocenters. The number of thiophene rings is 1. The van der Waals surface area contributed by atoms with Gasteiger partial charge in [0.25, 0.3) is 0 Å². The molecule has 1 unspecified atom stereocenters. The van der Waals surface area contributed by atoms with E-state index in [1.807, 2.05) is 16.8 Å². The second-order valence-corrected chi connectivity index (χ2v) is 9.84. The third-order valence-electron chi connectivity index (χ3n) is 6.66. The molecule has 1 aromatic heterocycles. The summed E-state index contributed by atoms with van der Waals surface area (Å²) >= 11 is 1.54. The van der Waals surface area contributed by atoms with Crippen molar-refractivity contribution in [2.75, 3.05) is 26.0 Å². The number of quaternary nitrogens is 1. The van der Waals surface area contributed by atoms with Crippen molar-refractivity contribution in [1.29, 1.82) is 0 Å². The average Bonchev–Trinajstić information content (AvgIpc) is 3.29. The monoisotopic (exact) mass is 502 g/mol. The molecule has 2 aromatic rings. The maximum Gasteiger partial charge on any atom is 0.430 e. The Morgan fingerprint density at radius 3 is 2.32 bits per heavy atom. The zero-order valence-electron chi connectivity index (χ0n) is 18.7. The van der Waals surface area contributed by atoms with E-state index in [-0.39, 0.29) is 5.82 Å². The summed E-state index contributed by atoms with van der Waals surface area (Å²) in [5, 5.41) is 15.4. The first kappa shape index (κ1) is 26.0. The minimum absolute atomic E-state index is 0.325. The maximum atomic E-state index is 13.7. The van der Waals surface area contributed by atoms with Crippen molar-refractivity contribution in [3.05, 3.63) is 40.8 Å². The van der Waals surface area contributed by atoms with E-state index in [1.54, 1.807) is 6.07 Å². The van der Waals surface area contributed by atoms with Gasteiger partial charge in [-0.1, -0.05) is 0 Å². The lowest BCUT2D eigenvalue weighted by Crippen LogP contribution is -2.55. The molecule has 2 saturated heterocycles. The average molecular weight is 503 g/mol. The number of piperidine rings is 1. The van der Waals surface area contributed by atoms with E-state index in [2.05, 4.69) is 19.4 Å². The molecule has 186 valence electrons. The Hall–Kier alpha value is -2.66. The summed E-state index contributed by atoms with van der Waals surface area (Å²) in [6.45, 7) is 0.452. The van der Waals surface area contributed by atoms with Gasteiger partial charge in [0.1, 0.15) is 11.8 Å². The smallest absolute Gasteiger partial charge is 0.430 e. The fourth-order valence-electron chi connectivity index (χ4n) is 4.75. The quantitative estimate of drug-likeness (QED) is 0.496. The van der Waals surface area contributed by atoms with Crippen LogP contribution in [0.15, 0.2) is 35.0 Å². The summed E-state index contributed by atoms with van der Waals surface area (Å²) in [5.41, 5.74) is 2.13. The molecule has 1 amide bonds. The number of carbonyl (C=O) groups excluding carboxylic acids is 2. The van der Waals surface area contributed by atoms with Crippen LogP contribution < -0.4 is 10.4 Å². The molecule has 2 aliphatic heterocycles. The number of alkyl halides is 3. The highest BCUT2D eigenvalue weighted by Gasteiger charge is 2.48. The first-order valence-corrected chi connectivity index (χ1v) is 11.7. The molecule has 1 aromatic carbocycles. The van der Waals surface area contributed by atoms with E-state index < -0.39 is 18.2 Å². The number of rotatable bonds is 4. The normalized spacial score (nSPS) is 22.9. The first-order valence-electron chi connectivity index (χ1n) is 10.7. The minimum Gasteiger partial charge on any atom is -0.542 e. The Balaban J connectivity index is 0.000000406. The van der Waals surface area contributed by atoms with Gasteiger partial charge in [0.2, 0.25) is 0 Å². The minimum atomic E-state index is -5.19. The SMILES string of the molecule is C[N+]1(C)[C@@H]2CC[C@H]1CC(COC(=O)Nc1ccc(F)cc1-c1ccsc1)C2.O=C([O-])C(F)(F)F. The van der Waals surface area contributed by atoms with Gasteiger partial charge in [0, 0.05) is 37.2 Å². The molecular formula is C23H26F4N2O4S. The largest absolute Gasteiger partial charge is 0.542 e. The molecule has 34 heavy (non-hydrogen) atoms. The van der Waals surface area contributed by atoms with Gasteiger partial charge < -0.3 is 19.1 Å². The number of anilines is 1. The van der Waals surface area contributed by atoms with Crippen LogP contribution in [0.2, 0.25) is 0 Å². The number of amides is 1. The van der Waals surface area contributed by atoms with Crippen molar-refractivity contribution in [2.45, 2.75) is 43.9 Å². The second kappa shape index (κ2) is 10.3. The molecule has 0 radical (unpaired) electrons. The molecule has 0 aliphatic carbocycles. The van der Waals surface area contributed by atoms with Crippen LogP contribution in [0, 0.1) is 11.7 Å². The molecule has 0 saturated carbocycles. The lowest BCUT2D eigenvalue weighted by atomic mass is 9.90. The van der Waals surface area contributed by atoms with E-state index in [0.717, 1.165) is 22.9 Å². The Bertz CT molecular complexity index is 995. The maximum absolute atomic E-state index is 13.7. The number of hydrogen-bond donors (Lipinski definition) is 1. The molecule has 2 bridgehead atoms. The number of benzene rings is 1. The summed E-state index contributed by atoms with van der Waals surface area (Å²) in [6, 6.07) is 7.66. The van der Waals surface area contributed by atoms with Gasteiger partial charge in [-0.2, -0.15) is 24.5 Å². The zero-order chi connectivity index (χ0) is 25.1. The van der Waals surface area contributed by atoms with Gasteiger partial charge in [-0.3, -0.25) is 5.32 Å². The van der Waals surface area contributed by atoms with E-state index in [4.69, 9.17) is 14.6 Å². The number of fused-ring (bicyclic) bond motifs is 2. The van der Waals surface area contributed by atoms with Crippen LogP contribution in [-0.2, 0) is 9.53 Å². The summed E-state index contributed by atoms with van der Waals surface area (Å²) in [5.74, 6) is -2.90. The second-order valence-electron chi connectivity index (χ2n) is 9.06. The molecule has 6 nitrogen and oxygen atoms in total. The number of halogens is 4. The Morgan fingerprint density at radius 2 is 1.79 bits per heavy atom. The number of aliphatic carboxylic acids is 1. The highest BCUT2D eigenvalue weighted by Crippen LogP contribution is 2.42. The fourth-order valence-corrected chi connectivity index (χ4v) is 5.41. The summed E-state index contributed by atoms with van der Waals surface area (Å²) in [4.78, 5) is 21.1. The molecular weight excluding hydrogens is 476 g/mol. The number of nitrogens with one attached hydrogen (secondary N) is 1. The lowest BCUT2D eigenvalue weighted by molar-refractivity contribution is -0.931. The van der Waals surface area contributed by atoms with Crippen LogP contribution in [0.4, 0.5) is 28.0 Å². The number of carboxylic acids is 1. The number of carbonyl (C=O) groups is 2. The van der Waals surface area contributed by atoms with Gasteiger partial charge in [0.15, 0.2) is 0 Å². The molecule has 0 spiro atoms. The molecule has 4 rings (SSSR count). The lowest BCUT2D eigenvalue weighted by Gasteiger charge is -2.44. The highest BCUT2D eigenvalue weighted by atomic mass is 32.1. The molecule has 1 N–H and O–H groups in total. The van der Waals surface area contributed by atoms with Crippen molar-refractivity contribution < 1.29 is 41.5 Å². The molecule has 3 heterocycles. The van der Waals surface area contributed by atoms with E-state index >= 15 is 0 Å². The first-order chi connectivity index (χ1) is 15.9. The van der Waals surface area contributed by atoms with Crippen molar-refractivity contribution >= 4 is 29.1 Å². The molecule has 2 fully saturated rings. The van der Waals surface area contributed by atoms with Crippen molar-refractivity contribution in [1.82, 2.24) is 0 Å². The number of hydrogen-bond acceptors (Lipinski definition) is 5. The van der Waals surface area contributed by atoms with Crippen LogP contribution in [0.5, 0.6) is 0 Å². The third kappa shape index (κ3) is 6.26. The fraction of sp³-hybridized carbons (Fsp3) is 0.478. The third-order valence-corrected chi connectivity index (χ3v) is 7.34. The van der Waals surface area contributed by atoms with Crippen molar-refractivity contribution in [3.63, 3.8) is 0 Å². The van der Waals surface area contributed by atoms with Crippen LogP contribution in [-0.4, -0.2) is 55.5 Å². The van der Waals surface area contributed by atoms with E-state index in [9.17, 15) is 22.4 Å². The zero-order valence-corrected chi connectivity index (χ0v) is 19.5. The highest BCUT2D eigenvalue weighted by molar-refractivity contribution is 7.08. The molecule has 2 aliphatic rings. The Morgan fingerprint density at radius 1 is 1.18 bits per heavy atom. The predicted molar refractivity (Wildman–Crippen MR) is 117 cm³/mol. The predicted octanol–water partition coefficient (Wildman–Crippen LogP) is 4.42. The van der Waals surface area contributed by atoms with Crippen LogP contribution >= 0.6 is 11.3 Å². The summed E-state index contributed by atoms with van der Waals surface area (Å²) in [6.07, 6.45) is -0.870. The van der Waals surface area contributed by atoms with Crippen molar-refractivity contribution in [2.24, 2.45) is 5.92 Å². The number of ether oxygens (including phenoxy) is 1. The van der Waals surface area contributed by atoms with E-state index in [1.165, 1.54) is 36.3 Å².